The molecule has 1 aliphatic rings. The highest BCUT2D eigenvalue weighted by Crippen LogP contribution is 2.23. The van der Waals surface area contributed by atoms with Gasteiger partial charge < -0.3 is 11.1 Å². The number of nitrogens with two attached hydrogens (primary N) is 1. The fraction of sp³-hybridized carbons (Fsp3) is 0.933. The Bertz CT molecular complexity index is 243. The Balaban J connectivity index is 2.17. The lowest BCUT2D eigenvalue weighted by atomic mass is 9.85. The molecule has 0 heterocycles. The minimum Gasteiger partial charge on any atom is -0.353 e. The van der Waals surface area contributed by atoms with Gasteiger partial charge in [-0.1, -0.05) is 39.0 Å². The highest BCUT2D eigenvalue weighted by Gasteiger charge is 2.25. The van der Waals surface area contributed by atoms with Crippen LogP contribution in [0.1, 0.15) is 71.6 Å². The van der Waals surface area contributed by atoms with E-state index in [1.807, 2.05) is 0 Å². The average Bonchev–Trinajstić information content (AvgIpc) is 2.34. The van der Waals surface area contributed by atoms with E-state index in [0.29, 0.717) is 6.04 Å². The van der Waals surface area contributed by atoms with Crippen LogP contribution in [0.5, 0.6) is 0 Å². The first-order chi connectivity index (χ1) is 8.63. The van der Waals surface area contributed by atoms with Gasteiger partial charge in [0.05, 0.1) is 0 Å². The second-order valence-electron chi connectivity index (χ2n) is 5.88. The summed E-state index contributed by atoms with van der Waals surface area (Å²) in [6.45, 7) is 4.34. The molecule has 0 aromatic rings. The molecule has 0 aromatic heterocycles. The van der Waals surface area contributed by atoms with E-state index < -0.39 is 0 Å². The third-order valence-electron chi connectivity index (χ3n) is 3.96. The minimum atomic E-state index is 0.159. The van der Waals surface area contributed by atoms with Crippen LogP contribution in [0.4, 0.5) is 0 Å². The topological polar surface area (TPSA) is 55.1 Å². The zero-order valence-electron chi connectivity index (χ0n) is 12.1. The third kappa shape index (κ3) is 5.85. The van der Waals surface area contributed by atoms with Crippen LogP contribution in [0.2, 0.25) is 0 Å². The second kappa shape index (κ2) is 8.52. The number of amides is 1. The molecule has 1 saturated carbocycles. The number of carbonyl (C=O) groups is 1. The molecule has 0 spiro atoms. The average molecular weight is 254 g/mol. The molecule has 3 N–H and O–H groups in total. The Kier molecular flexibility index (Phi) is 7.33. The van der Waals surface area contributed by atoms with Crippen LogP contribution in [0.25, 0.3) is 0 Å². The van der Waals surface area contributed by atoms with Crippen molar-refractivity contribution in [3.63, 3.8) is 0 Å². The lowest BCUT2D eigenvalue weighted by Gasteiger charge is -2.27. The van der Waals surface area contributed by atoms with E-state index in [1.54, 1.807) is 0 Å². The maximum absolute atomic E-state index is 12.1. The van der Waals surface area contributed by atoms with Gasteiger partial charge in [0.25, 0.3) is 0 Å². The van der Waals surface area contributed by atoms with E-state index >= 15 is 0 Å². The summed E-state index contributed by atoms with van der Waals surface area (Å²) in [4.78, 5) is 12.1. The second-order valence-corrected chi connectivity index (χ2v) is 5.88. The molecule has 3 heteroatoms. The maximum Gasteiger partial charge on any atom is 0.223 e. The van der Waals surface area contributed by atoms with E-state index in [9.17, 15) is 4.79 Å². The highest BCUT2D eigenvalue weighted by molar-refractivity contribution is 5.79. The fourth-order valence-electron chi connectivity index (χ4n) is 2.78. The molecule has 1 aliphatic carbocycles. The van der Waals surface area contributed by atoms with E-state index in [1.165, 1.54) is 25.7 Å². The molecule has 1 fully saturated rings. The van der Waals surface area contributed by atoms with Gasteiger partial charge in [-0.3, -0.25) is 4.79 Å². The summed E-state index contributed by atoms with van der Waals surface area (Å²) in [5, 5.41) is 3.15. The Morgan fingerprint density at radius 2 is 2.11 bits per heavy atom. The molecule has 3 nitrogen and oxygen atoms in total. The zero-order valence-corrected chi connectivity index (χ0v) is 12.1. The predicted molar refractivity (Wildman–Crippen MR) is 76.3 cm³/mol. The van der Waals surface area contributed by atoms with Crippen molar-refractivity contribution in [3.05, 3.63) is 0 Å². The molecule has 18 heavy (non-hydrogen) atoms. The Morgan fingerprint density at radius 3 is 2.78 bits per heavy atom. The fourth-order valence-corrected chi connectivity index (χ4v) is 2.78. The van der Waals surface area contributed by atoms with Crippen molar-refractivity contribution >= 4 is 5.91 Å². The summed E-state index contributed by atoms with van der Waals surface area (Å²) in [6.07, 6.45) is 10.2. The molecule has 0 aromatic carbocycles. The van der Waals surface area contributed by atoms with Gasteiger partial charge >= 0.3 is 0 Å². The van der Waals surface area contributed by atoms with Gasteiger partial charge in [-0.05, 0) is 32.6 Å². The van der Waals surface area contributed by atoms with Crippen molar-refractivity contribution in [2.75, 3.05) is 0 Å². The van der Waals surface area contributed by atoms with Crippen molar-refractivity contribution < 1.29 is 4.79 Å². The summed E-state index contributed by atoms with van der Waals surface area (Å²) >= 11 is 0. The molecule has 0 radical (unpaired) electrons. The lowest BCUT2D eigenvalue weighted by molar-refractivity contribution is -0.126. The normalized spacial score (nSPS) is 25.7. The molecule has 106 valence electrons. The number of unbranched alkanes of at least 4 members (excludes halogenated alkanes) is 3. The van der Waals surface area contributed by atoms with E-state index in [2.05, 4.69) is 19.2 Å². The van der Waals surface area contributed by atoms with Crippen LogP contribution in [0, 0.1) is 5.92 Å². The van der Waals surface area contributed by atoms with Crippen molar-refractivity contribution in [2.45, 2.75) is 83.7 Å². The first-order valence-corrected chi connectivity index (χ1v) is 7.69. The van der Waals surface area contributed by atoms with Crippen LogP contribution in [-0.4, -0.2) is 18.0 Å². The summed E-state index contributed by atoms with van der Waals surface area (Å²) in [5.74, 6) is 0.389. The quantitative estimate of drug-likeness (QED) is 0.686. The molecule has 0 saturated heterocycles. The molecule has 3 atom stereocenters. The summed E-state index contributed by atoms with van der Waals surface area (Å²) in [7, 11) is 0. The Labute approximate surface area is 112 Å². The summed E-state index contributed by atoms with van der Waals surface area (Å²) in [6, 6.07) is 0.543. The molecule has 0 bridgehead atoms. The molecular weight excluding hydrogens is 224 g/mol. The molecule has 3 unspecified atom stereocenters. The zero-order chi connectivity index (χ0) is 13.4. The van der Waals surface area contributed by atoms with Crippen LogP contribution in [-0.2, 0) is 4.79 Å². The van der Waals surface area contributed by atoms with Gasteiger partial charge in [-0.2, -0.15) is 0 Å². The summed E-state index contributed by atoms with van der Waals surface area (Å²) < 4.78 is 0. The van der Waals surface area contributed by atoms with Gasteiger partial charge in [0.1, 0.15) is 0 Å². The lowest BCUT2D eigenvalue weighted by Crippen LogP contribution is -2.41. The standard InChI is InChI=1S/C15H30N2O/c1-3-4-5-6-8-12(2)17-15(18)13-9-7-10-14(16)11-13/h12-14H,3-11,16H2,1-2H3,(H,17,18). The van der Waals surface area contributed by atoms with Crippen molar-refractivity contribution in [1.29, 1.82) is 0 Å². The van der Waals surface area contributed by atoms with Crippen LogP contribution in [0.3, 0.4) is 0 Å². The first kappa shape index (κ1) is 15.5. The van der Waals surface area contributed by atoms with Gasteiger partial charge in [0, 0.05) is 18.0 Å². The maximum atomic E-state index is 12.1. The van der Waals surface area contributed by atoms with Crippen molar-refractivity contribution in [2.24, 2.45) is 11.7 Å². The number of rotatable bonds is 7. The molecule has 1 amide bonds. The third-order valence-corrected chi connectivity index (χ3v) is 3.96. The van der Waals surface area contributed by atoms with E-state index in [4.69, 9.17) is 5.73 Å². The van der Waals surface area contributed by atoms with Crippen LogP contribution < -0.4 is 11.1 Å². The van der Waals surface area contributed by atoms with Crippen molar-refractivity contribution in [3.8, 4) is 0 Å². The van der Waals surface area contributed by atoms with Gasteiger partial charge in [0.15, 0.2) is 0 Å². The Hall–Kier alpha value is -0.570. The largest absolute Gasteiger partial charge is 0.353 e. The van der Waals surface area contributed by atoms with Crippen molar-refractivity contribution in [1.82, 2.24) is 5.32 Å². The SMILES string of the molecule is CCCCCCC(C)NC(=O)C1CCCC(N)C1. The van der Waals surface area contributed by atoms with Crippen LogP contribution >= 0.6 is 0 Å². The number of carbonyl (C=O) groups excluding carboxylic acids is 1. The predicted octanol–water partition coefficient (Wildman–Crippen LogP) is 2.98. The number of nitrogens with one attached hydrogen (secondary N) is 1. The molecule has 1 rings (SSSR count). The van der Waals surface area contributed by atoms with E-state index in [-0.39, 0.29) is 17.9 Å². The van der Waals surface area contributed by atoms with E-state index in [0.717, 1.165) is 32.1 Å². The first-order valence-electron chi connectivity index (χ1n) is 7.69. The Morgan fingerprint density at radius 1 is 1.33 bits per heavy atom. The van der Waals surface area contributed by atoms with Gasteiger partial charge in [-0.25, -0.2) is 0 Å². The minimum absolute atomic E-state index is 0.159. The number of hydrogen-bond donors (Lipinski definition) is 2. The smallest absolute Gasteiger partial charge is 0.223 e. The monoisotopic (exact) mass is 254 g/mol. The molecule has 0 aliphatic heterocycles. The van der Waals surface area contributed by atoms with Crippen LogP contribution in [0.15, 0.2) is 0 Å². The number of hydrogen-bond acceptors (Lipinski definition) is 2. The van der Waals surface area contributed by atoms with Gasteiger partial charge in [-0.15, -0.1) is 0 Å². The molecular formula is C15H30N2O. The highest BCUT2D eigenvalue weighted by atomic mass is 16.1. The summed E-state index contributed by atoms with van der Waals surface area (Å²) in [5.41, 5.74) is 5.93. The van der Waals surface area contributed by atoms with Gasteiger partial charge in [0.2, 0.25) is 5.91 Å².